The molecule has 1 N–H and O–H groups in total. The van der Waals surface area contributed by atoms with Gasteiger partial charge in [0.15, 0.2) is 0 Å². The molecule has 1 aromatic rings. The van der Waals surface area contributed by atoms with Crippen molar-refractivity contribution in [2.24, 2.45) is 0 Å². The second-order valence-corrected chi connectivity index (χ2v) is 8.30. The number of hydrogen-bond donors (Lipinski definition) is 1. The van der Waals surface area contributed by atoms with Gasteiger partial charge in [-0.3, -0.25) is 14.5 Å². The molecular weight excluding hydrogens is 384 g/mol. The number of benzene rings is 1. The van der Waals surface area contributed by atoms with Gasteiger partial charge in [0.25, 0.3) is 5.91 Å². The van der Waals surface area contributed by atoms with Crippen LogP contribution in [0.2, 0.25) is 0 Å². The van der Waals surface area contributed by atoms with Gasteiger partial charge in [0.2, 0.25) is 5.91 Å². The third-order valence-corrected chi connectivity index (χ3v) is 6.52. The van der Waals surface area contributed by atoms with Crippen molar-refractivity contribution in [2.75, 3.05) is 40.8 Å². The van der Waals surface area contributed by atoms with E-state index >= 15 is 0 Å². The molecule has 0 spiro atoms. The standard InChI is InChI=1S/C22H32N4O4/c1-6-22(16-7-8-18(30-5)15(2)13-16)20(28)26(21(29)23-22)14-19(27)25(4)17-9-11-24(3)12-10-17/h7-8,13,17H,6,9-12,14H2,1-5H3,(H,23,29). The SMILES string of the molecule is CCC1(c2ccc(OC)c(C)c2)NC(=O)N(CC(=O)N(C)C2CCN(C)CC2)C1=O. The van der Waals surface area contributed by atoms with Gasteiger partial charge in [-0.2, -0.15) is 0 Å². The molecule has 2 heterocycles. The molecule has 4 amide bonds. The number of likely N-dealkylation sites (N-methyl/N-ethyl adjacent to an activating group) is 1. The Bertz CT molecular complexity index is 834. The summed E-state index contributed by atoms with van der Waals surface area (Å²) in [6.07, 6.45) is 2.17. The Labute approximate surface area is 178 Å². The highest BCUT2D eigenvalue weighted by Crippen LogP contribution is 2.34. The smallest absolute Gasteiger partial charge is 0.325 e. The maximum atomic E-state index is 13.3. The van der Waals surface area contributed by atoms with Gasteiger partial charge in [0.05, 0.1) is 7.11 Å². The maximum absolute atomic E-state index is 13.3. The quantitative estimate of drug-likeness (QED) is 0.714. The zero-order valence-corrected chi connectivity index (χ0v) is 18.5. The fraction of sp³-hybridized carbons (Fsp3) is 0.591. The van der Waals surface area contributed by atoms with E-state index in [1.807, 2.05) is 19.9 Å². The van der Waals surface area contributed by atoms with Crippen LogP contribution in [0.1, 0.15) is 37.3 Å². The summed E-state index contributed by atoms with van der Waals surface area (Å²) in [5.74, 6) is 0.115. The Hall–Kier alpha value is -2.61. The minimum Gasteiger partial charge on any atom is -0.496 e. The number of amides is 4. The molecule has 0 bridgehead atoms. The van der Waals surface area contributed by atoms with E-state index < -0.39 is 11.6 Å². The summed E-state index contributed by atoms with van der Waals surface area (Å²) in [5, 5.41) is 2.85. The second-order valence-electron chi connectivity index (χ2n) is 8.30. The largest absolute Gasteiger partial charge is 0.496 e. The van der Waals surface area contributed by atoms with E-state index in [2.05, 4.69) is 17.3 Å². The van der Waals surface area contributed by atoms with Crippen LogP contribution in [0, 0.1) is 6.92 Å². The van der Waals surface area contributed by atoms with Crippen molar-refractivity contribution in [3.63, 3.8) is 0 Å². The zero-order chi connectivity index (χ0) is 22.1. The molecule has 3 rings (SSSR count). The number of likely N-dealkylation sites (tertiary alicyclic amines) is 1. The van der Waals surface area contributed by atoms with Crippen molar-refractivity contribution in [3.8, 4) is 5.75 Å². The Morgan fingerprint density at radius 1 is 1.30 bits per heavy atom. The summed E-state index contributed by atoms with van der Waals surface area (Å²) >= 11 is 0. The van der Waals surface area contributed by atoms with Crippen molar-refractivity contribution >= 4 is 17.8 Å². The third kappa shape index (κ3) is 3.88. The first-order valence-corrected chi connectivity index (χ1v) is 10.5. The average molecular weight is 417 g/mol. The lowest BCUT2D eigenvalue weighted by Crippen LogP contribution is -2.49. The molecule has 2 aliphatic heterocycles. The van der Waals surface area contributed by atoms with Crippen LogP contribution in [-0.4, -0.2) is 79.4 Å². The molecule has 8 heteroatoms. The van der Waals surface area contributed by atoms with Crippen molar-refractivity contribution in [1.29, 1.82) is 0 Å². The number of imide groups is 1. The number of nitrogens with one attached hydrogen (secondary N) is 1. The first-order valence-electron chi connectivity index (χ1n) is 10.5. The van der Waals surface area contributed by atoms with Gasteiger partial charge in [0.1, 0.15) is 17.8 Å². The molecule has 0 aromatic heterocycles. The highest BCUT2D eigenvalue weighted by molar-refractivity contribution is 6.09. The molecule has 0 saturated carbocycles. The van der Waals surface area contributed by atoms with Crippen LogP contribution in [0.15, 0.2) is 18.2 Å². The van der Waals surface area contributed by atoms with E-state index in [9.17, 15) is 14.4 Å². The number of ether oxygens (including phenoxy) is 1. The number of piperidine rings is 1. The number of methoxy groups -OCH3 is 1. The Morgan fingerprint density at radius 3 is 2.53 bits per heavy atom. The van der Waals surface area contributed by atoms with E-state index in [1.54, 1.807) is 31.2 Å². The topological polar surface area (TPSA) is 82.2 Å². The average Bonchev–Trinajstić information content (AvgIpc) is 2.98. The molecule has 2 aliphatic rings. The van der Waals surface area contributed by atoms with E-state index in [0.717, 1.165) is 36.4 Å². The molecule has 1 unspecified atom stereocenters. The Balaban J connectivity index is 1.77. The van der Waals surface area contributed by atoms with Gasteiger partial charge >= 0.3 is 6.03 Å². The molecule has 0 aliphatic carbocycles. The summed E-state index contributed by atoms with van der Waals surface area (Å²) in [6, 6.07) is 5.05. The monoisotopic (exact) mass is 416 g/mol. The van der Waals surface area contributed by atoms with Gasteiger partial charge in [-0.05, 0) is 69.6 Å². The van der Waals surface area contributed by atoms with E-state index in [-0.39, 0.29) is 24.4 Å². The van der Waals surface area contributed by atoms with Gasteiger partial charge in [-0.25, -0.2) is 4.79 Å². The van der Waals surface area contributed by atoms with Crippen molar-refractivity contribution in [1.82, 2.24) is 20.0 Å². The summed E-state index contributed by atoms with van der Waals surface area (Å²) in [4.78, 5) is 43.9. The van der Waals surface area contributed by atoms with Crippen LogP contribution < -0.4 is 10.1 Å². The van der Waals surface area contributed by atoms with Gasteiger partial charge in [-0.15, -0.1) is 0 Å². The molecule has 0 radical (unpaired) electrons. The zero-order valence-electron chi connectivity index (χ0n) is 18.5. The number of hydrogen-bond acceptors (Lipinski definition) is 5. The predicted octanol–water partition coefficient (Wildman–Crippen LogP) is 1.71. The lowest BCUT2D eigenvalue weighted by Gasteiger charge is -2.35. The molecular formula is C22H32N4O4. The van der Waals surface area contributed by atoms with Crippen LogP contribution >= 0.6 is 0 Å². The van der Waals surface area contributed by atoms with Crippen molar-refractivity contribution in [3.05, 3.63) is 29.3 Å². The van der Waals surface area contributed by atoms with Crippen LogP contribution in [0.5, 0.6) is 5.75 Å². The number of carbonyl (C=O) groups is 3. The molecule has 1 aromatic carbocycles. The molecule has 8 nitrogen and oxygen atoms in total. The van der Waals surface area contributed by atoms with Gasteiger partial charge < -0.3 is 19.9 Å². The number of urea groups is 1. The summed E-state index contributed by atoms with van der Waals surface area (Å²) < 4.78 is 5.31. The highest BCUT2D eigenvalue weighted by atomic mass is 16.5. The maximum Gasteiger partial charge on any atom is 0.325 e. The third-order valence-electron chi connectivity index (χ3n) is 6.52. The minimum atomic E-state index is -1.17. The molecule has 164 valence electrons. The number of carbonyl (C=O) groups excluding carboxylic acids is 3. The van der Waals surface area contributed by atoms with Crippen molar-refractivity contribution < 1.29 is 19.1 Å². The molecule has 2 saturated heterocycles. The summed E-state index contributed by atoms with van der Waals surface area (Å²) in [5.41, 5.74) is 0.405. The van der Waals surface area contributed by atoms with Crippen LogP contribution in [0.3, 0.4) is 0 Å². The van der Waals surface area contributed by atoms with Crippen LogP contribution in [0.25, 0.3) is 0 Å². The first-order chi connectivity index (χ1) is 14.2. The van der Waals surface area contributed by atoms with Gasteiger partial charge in [0, 0.05) is 13.1 Å². The summed E-state index contributed by atoms with van der Waals surface area (Å²) in [6.45, 7) is 5.37. The van der Waals surface area contributed by atoms with E-state index in [1.165, 1.54) is 0 Å². The van der Waals surface area contributed by atoms with Crippen LogP contribution in [-0.2, 0) is 15.1 Å². The highest BCUT2D eigenvalue weighted by Gasteiger charge is 2.52. The fourth-order valence-corrected chi connectivity index (χ4v) is 4.39. The summed E-state index contributed by atoms with van der Waals surface area (Å²) in [7, 11) is 5.42. The first kappa shape index (κ1) is 22.1. The van der Waals surface area contributed by atoms with Crippen LogP contribution in [0.4, 0.5) is 4.79 Å². The van der Waals surface area contributed by atoms with E-state index in [0.29, 0.717) is 17.7 Å². The Morgan fingerprint density at radius 2 is 1.97 bits per heavy atom. The van der Waals surface area contributed by atoms with Gasteiger partial charge in [-0.1, -0.05) is 13.0 Å². The fourth-order valence-electron chi connectivity index (χ4n) is 4.39. The lowest BCUT2D eigenvalue weighted by molar-refractivity contribution is -0.140. The number of aryl methyl sites for hydroxylation is 1. The number of nitrogens with zero attached hydrogens (tertiary/aromatic N) is 3. The minimum absolute atomic E-state index is 0.134. The number of rotatable bonds is 6. The molecule has 2 fully saturated rings. The second kappa shape index (κ2) is 8.63. The van der Waals surface area contributed by atoms with E-state index in [4.69, 9.17) is 4.74 Å². The Kier molecular flexibility index (Phi) is 6.36. The lowest BCUT2D eigenvalue weighted by atomic mass is 9.86. The van der Waals surface area contributed by atoms with Crippen molar-refractivity contribution in [2.45, 2.75) is 44.7 Å². The molecule has 1 atom stereocenters. The normalized spacial score (nSPS) is 22.9. The molecule has 30 heavy (non-hydrogen) atoms. The predicted molar refractivity (Wildman–Crippen MR) is 113 cm³/mol.